The molecule has 0 spiro atoms. The minimum atomic E-state index is 0. The summed E-state index contributed by atoms with van der Waals surface area (Å²) in [5.74, 6) is 0.831. The molecule has 0 bridgehead atoms. The first-order chi connectivity index (χ1) is 12.6. The molecule has 0 fully saturated rings. The van der Waals surface area contributed by atoms with Crippen molar-refractivity contribution in [2.24, 2.45) is 4.99 Å². The van der Waals surface area contributed by atoms with Gasteiger partial charge in [0.15, 0.2) is 5.96 Å². The summed E-state index contributed by atoms with van der Waals surface area (Å²) in [6, 6.07) is 4.13. The lowest BCUT2D eigenvalue weighted by Gasteiger charge is -2.10. The molecule has 0 aromatic carbocycles. The summed E-state index contributed by atoms with van der Waals surface area (Å²) in [4.78, 5) is 15.1. The lowest BCUT2D eigenvalue weighted by atomic mass is 10.3. The molecule has 0 amide bonds. The number of guanidine groups is 1. The van der Waals surface area contributed by atoms with Crippen molar-refractivity contribution < 1.29 is 0 Å². The molecule has 0 unspecified atom stereocenters. The fourth-order valence-electron chi connectivity index (χ4n) is 2.85. The number of imidazole rings is 1. The predicted octanol–water partition coefficient (Wildman–Crippen LogP) is 3.63. The van der Waals surface area contributed by atoms with Crippen LogP contribution in [0.3, 0.4) is 0 Å². The third-order valence-electron chi connectivity index (χ3n) is 4.13. The number of aromatic nitrogens is 3. The van der Waals surface area contributed by atoms with Crippen LogP contribution in [0.4, 0.5) is 0 Å². The van der Waals surface area contributed by atoms with Crippen LogP contribution >= 0.6 is 35.3 Å². The van der Waals surface area contributed by atoms with Gasteiger partial charge in [-0.05, 0) is 39.3 Å². The van der Waals surface area contributed by atoms with Crippen molar-refractivity contribution in [2.75, 3.05) is 13.1 Å². The van der Waals surface area contributed by atoms with Gasteiger partial charge in [-0.25, -0.2) is 15.0 Å². The van der Waals surface area contributed by atoms with E-state index in [9.17, 15) is 0 Å². The van der Waals surface area contributed by atoms with Gasteiger partial charge >= 0.3 is 0 Å². The highest BCUT2D eigenvalue weighted by molar-refractivity contribution is 14.0. The van der Waals surface area contributed by atoms with Crippen molar-refractivity contribution in [3.8, 4) is 0 Å². The van der Waals surface area contributed by atoms with Crippen molar-refractivity contribution >= 4 is 46.9 Å². The number of fused-ring (bicyclic) bond motifs is 1. The van der Waals surface area contributed by atoms with Crippen molar-refractivity contribution in [2.45, 2.75) is 40.7 Å². The van der Waals surface area contributed by atoms with Crippen LogP contribution in [0.2, 0.25) is 0 Å². The van der Waals surface area contributed by atoms with Gasteiger partial charge in [0.25, 0.3) is 0 Å². The van der Waals surface area contributed by atoms with Crippen LogP contribution in [0.15, 0.2) is 29.5 Å². The number of rotatable bonds is 6. The Morgan fingerprint density at radius 2 is 2.04 bits per heavy atom. The molecule has 27 heavy (non-hydrogen) atoms. The van der Waals surface area contributed by atoms with Gasteiger partial charge in [-0.2, -0.15) is 0 Å². The number of hydrogen-bond acceptors (Lipinski definition) is 4. The fraction of sp³-hybridized carbons (Fsp3) is 0.421. The number of aryl methyl sites for hydroxylation is 3. The molecule has 0 aliphatic heterocycles. The van der Waals surface area contributed by atoms with Gasteiger partial charge in [0.2, 0.25) is 0 Å². The SMILES string of the molecule is CCNC(=NCc1sc(C)nc1C)NCCc1cn2cccc(C)c2n1.I. The maximum absolute atomic E-state index is 4.72. The van der Waals surface area contributed by atoms with Crippen molar-refractivity contribution in [3.63, 3.8) is 0 Å². The van der Waals surface area contributed by atoms with Crippen LogP contribution < -0.4 is 10.6 Å². The Kier molecular flexibility index (Phi) is 8.03. The fourth-order valence-corrected chi connectivity index (χ4v) is 3.71. The average molecular weight is 498 g/mol. The van der Waals surface area contributed by atoms with E-state index in [1.165, 1.54) is 10.4 Å². The summed E-state index contributed by atoms with van der Waals surface area (Å²) in [7, 11) is 0. The van der Waals surface area contributed by atoms with Crippen LogP contribution in [-0.2, 0) is 13.0 Å². The molecule has 0 aliphatic rings. The van der Waals surface area contributed by atoms with E-state index in [1.54, 1.807) is 11.3 Å². The summed E-state index contributed by atoms with van der Waals surface area (Å²) in [5, 5.41) is 7.79. The van der Waals surface area contributed by atoms with E-state index in [-0.39, 0.29) is 24.0 Å². The number of aliphatic imine (C=N–C) groups is 1. The van der Waals surface area contributed by atoms with E-state index >= 15 is 0 Å². The molecule has 8 heteroatoms. The molecule has 3 heterocycles. The Balaban J connectivity index is 0.00000261. The maximum Gasteiger partial charge on any atom is 0.191 e. The monoisotopic (exact) mass is 498 g/mol. The quantitative estimate of drug-likeness (QED) is 0.310. The molecule has 146 valence electrons. The molecule has 2 N–H and O–H groups in total. The lowest BCUT2D eigenvalue weighted by Crippen LogP contribution is -2.38. The van der Waals surface area contributed by atoms with Gasteiger partial charge in [0.1, 0.15) is 5.65 Å². The summed E-state index contributed by atoms with van der Waals surface area (Å²) in [5.41, 5.74) is 4.37. The number of thiazole rings is 1. The Labute approximate surface area is 181 Å². The van der Waals surface area contributed by atoms with Crippen LogP contribution in [0.1, 0.15) is 33.8 Å². The Bertz CT molecular complexity index is 914. The zero-order valence-electron chi connectivity index (χ0n) is 16.2. The molecule has 0 saturated heterocycles. The average Bonchev–Trinajstić information content (AvgIpc) is 3.16. The van der Waals surface area contributed by atoms with E-state index in [1.807, 2.05) is 26.1 Å². The van der Waals surface area contributed by atoms with Crippen LogP contribution in [0.25, 0.3) is 5.65 Å². The molecule has 3 aromatic heterocycles. The highest BCUT2D eigenvalue weighted by atomic mass is 127. The second-order valence-corrected chi connectivity index (χ2v) is 7.56. The minimum absolute atomic E-state index is 0. The molecule has 3 aromatic rings. The Morgan fingerprint density at radius 3 is 2.70 bits per heavy atom. The molecule has 6 nitrogen and oxygen atoms in total. The maximum atomic E-state index is 4.72. The highest BCUT2D eigenvalue weighted by Gasteiger charge is 2.06. The number of nitrogens with zero attached hydrogens (tertiary/aromatic N) is 4. The van der Waals surface area contributed by atoms with Crippen LogP contribution in [-0.4, -0.2) is 33.4 Å². The van der Waals surface area contributed by atoms with Crippen LogP contribution in [0.5, 0.6) is 0 Å². The first-order valence-electron chi connectivity index (χ1n) is 8.95. The van der Waals surface area contributed by atoms with E-state index in [4.69, 9.17) is 4.98 Å². The zero-order chi connectivity index (χ0) is 18.5. The first-order valence-corrected chi connectivity index (χ1v) is 9.76. The summed E-state index contributed by atoms with van der Waals surface area (Å²) in [6.07, 6.45) is 4.99. The van der Waals surface area contributed by atoms with Gasteiger partial charge in [0, 0.05) is 36.8 Å². The summed E-state index contributed by atoms with van der Waals surface area (Å²) < 4.78 is 2.08. The van der Waals surface area contributed by atoms with Crippen LogP contribution in [0, 0.1) is 20.8 Å². The molecule has 0 atom stereocenters. The number of pyridine rings is 1. The second-order valence-electron chi connectivity index (χ2n) is 6.27. The second kappa shape index (κ2) is 10.0. The van der Waals surface area contributed by atoms with Crippen molar-refractivity contribution in [3.05, 3.63) is 51.4 Å². The minimum Gasteiger partial charge on any atom is -0.357 e. The number of nitrogens with one attached hydrogen (secondary N) is 2. The van der Waals surface area contributed by atoms with E-state index < -0.39 is 0 Å². The molecule has 3 rings (SSSR count). The number of hydrogen-bond donors (Lipinski definition) is 2. The molecule has 0 saturated carbocycles. The van der Waals surface area contributed by atoms with E-state index in [2.05, 4.69) is 51.1 Å². The molecule has 0 radical (unpaired) electrons. The van der Waals surface area contributed by atoms with Crippen molar-refractivity contribution in [1.29, 1.82) is 0 Å². The zero-order valence-corrected chi connectivity index (χ0v) is 19.4. The summed E-state index contributed by atoms with van der Waals surface area (Å²) in [6.45, 7) is 10.5. The highest BCUT2D eigenvalue weighted by Crippen LogP contribution is 2.17. The smallest absolute Gasteiger partial charge is 0.191 e. The predicted molar refractivity (Wildman–Crippen MR) is 123 cm³/mol. The molecular formula is C19H27IN6S. The molecular weight excluding hydrogens is 471 g/mol. The van der Waals surface area contributed by atoms with E-state index in [0.29, 0.717) is 6.54 Å². The van der Waals surface area contributed by atoms with Gasteiger partial charge < -0.3 is 15.0 Å². The number of halogens is 1. The Morgan fingerprint density at radius 1 is 1.22 bits per heavy atom. The largest absolute Gasteiger partial charge is 0.357 e. The van der Waals surface area contributed by atoms with E-state index in [0.717, 1.165) is 47.5 Å². The van der Waals surface area contributed by atoms with Crippen molar-refractivity contribution in [1.82, 2.24) is 25.0 Å². The first kappa shape index (κ1) is 21.6. The molecule has 0 aliphatic carbocycles. The van der Waals surface area contributed by atoms with Gasteiger partial charge in [-0.15, -0.1) is 35.3 Å². The summed E-state index contributed by atoms with van der Waals surface area (Å²) >= 11 is 1.71. The van der Waals surface area contributed by atoms with Gasteiger partial charge in [-0.3, -0.25) is 0 Å². The third kappa shape index (κ3) is 5.65. The van der Waals surface area contributed by atoms with Gasteiger partial charge in [-0.1, -0.05) is 6.07 Å². The normalized spacial score (nSPS) is 11.5. The van der Waals surface area contributed by atoms with Gasteiger partial charge in [0.05, 0.1) is 22.9 Å². The lowest BCUT2D eigenvalue weighted by molar-refractivity contribution is 0.792. The Hall–Kier alpha value is -1.68. The standard InChI is InChI=1S/C19H26N6S.HI/c1-5-20-19(22-11-17-14(3)23-15(4)26-17)21-9-8-16-12-25-10-6-7-13(2)18(25)24-16;/h6-7,10,12H,5,8-9,11H2,1-4H3,(H2,20,21,22);1H. The third-order valence-corrected chi connectivity index (χ3v) is 5.18. The topological polar surface area (TPSA) is 66.6 Å².